The van der Waals surface area contributed by atoms with E-state index in [-0.39, 0.29) is 11.9 Å². The van der Waals surface area contributed by atoms with Crippen molar-refractivity contribution in [1.82, 2.24) is 10.6 Å². The molecule has 0 saturated carbocycles. The van der Waals surface area contributed by atoms with Crippen molar-refractivity contribution < 1.29 is 4.79 Å². The predicted octanol–water partition coefficient (Wildman–Crippen LogP) is 2.65. The first-order valence-corrected chi connectivity index (χ1v) is 7.75. The van der Waals surface area contributed by atoms with Crippen LogP contribution in [0.4, 0.5) is 0 Å². The lowest BCUT2D eigenvalue weighted by Crippen LogP contribution is -2.43. The highest BCUT2D eigenvalue weighted by Crippen LogP contribution is 2.39. The average Bonchev–Trinajstić information content (AvgIpc) is 2.79. The van der Waals surface area contributed by atoms with Gasteiger partial charge < -0.3 is 5.32 Å². The minimum atomic E-state index is -0.0397. The second kappa shape index (κ2) is 5.19. The molecule has 1 saturated heterocycles. The normalized spacial score (nSPS) is 27.7. The van der Waals surface area contributed by atoms with Gasteiger partial charge >= 0.3 is 0 Å². The van der Waals surface area contributed by atoms with Crippen LogP contribution in [0.15, 0.2) is 6.07 Å². The Morgan fingerprint density at radius 2 is 2.22 bits per heavy atom. The number of fused-ring (bicyclic) bond motifs is 1. The van der Waals surface area contributed by atoms with E-state index in [0.717, 1.165) is 43.0 Å². The van der Waals surface area contributed by atoms with E-state index in [4.69, 9.17) is 11.6 Å². The van der Waals surface area contributed by atoms with Gasteiger partial charge in [-0.1, -0.05) is 11.6 Å². The molecule has 3 rings (SSSR count). The standard InChI is InChI=1S/C13H17ClN2OS/c14-12-7-8-9(4-5-11(8)18-12)16-10-3-1-2-6-15-13(10)17/h7,9-10,16H,1-6H2,(H,15,17). The highest BCUT2D eigenvalue weighted by atomic mass is 35.5. The monoisotopic (exact) mass is 284 g/mol. The predicted molar refractivity (Wildman–Crippen MR) is 74.2 cm³/mol. The van der Waals surface area contributed by atoms with E-state index < -0.39 is 0 Å². The molecule has 1 aromatic heterocycles. The Kier molecular flexibility index (Phi) is 3.59. The Morgan fingerprint density at radius 1 is 1.33 bits per heavy atom. The van der Waals surface area contributed by atoms with E-state index in [1.54, 1.807) is 11.3 Å². The summed E-state index contributed by atoms with van der Waals surface area (Å²) >= 11 is 7.73. The molecule has 2 atom stereocenters. The maximum atomic E-state index is 11.9. The first-order chi connectivity index (χ1) is 8.74. The highest BCUT2D eigenvalue weighted by molar-refractivity contribution is 7.16. The van der Waals surface area contributed by atoms with Gasteiger partial charge in [0.15, 0.2) is 0 Å². The molecule has 0 bridgehead atoms. The molecule has 18 heavy (non-hydrogen) atoms. The van der Waals surface area contributed by atoms with Crippen molar-refractivity contribution in [1.29, 1.82) is 0 Å². The van der Waals surface area contributed by atoms with Crippen molar-refractivity contribution in [2.45, 2.75) is 44.2 Å². The Labute approximate surface area is 116 Å². The van der Waals surface area contributed by atoms with E-state index in [1.807, 2.05) is 0 Å². The average molecular weight is 285 g/mol. The van der Waals surface area contributed by atoms with Gasteiger partial charge in [-0.05, 0) is 43.7 Å². The van der Waals surface area contributed by atoms with Crippen LogP contribution in [-0.2, 0) is 11.2 Å². The van der Waals surface area contributed by atoms with Gasteiger partial charge in [0.25, 0.3) is 0 Å². The van der Waals surface area contributed by atoms with Gasteiger partial charge in [-0.2, -0.15) is 0 Å². The molecule has 2 aliphatic rings. The van der Waals surface area contributed by atoms with Gasteiger partial charge in [0.2, 0.25) is 5.91 Å². The molecule has 1 aliphatic carbocycles. The molecule has 2 unspecified atom stereocenters. The second-order valence-electron chi connectivity index (χ2n) is 5.03. The molecule has 0 spiro atoms. The summed E-state index contributed by atoms with van der Waals surface area (Å²) in [5, 5.41) is 6.49. The third-order valence-electron chi connectivity index (χ3n) is 3.78. The molecular formula is C13H17ClN2OS. The minimum Gasteiger partial charge on any atom is -0.355 e. The maximum Gasteiger partial charge on any atom is 0.237 e. The lowest BCUT2D eigenvalue weighted by molar-refractivity contribution is -0.123. The summed E-state index contributed by atoms with van der Waals surface area (Å²) in [7, 11) is 0. The van der Waals surface area contributed by atoms with E-state index in [2.05, 4.69) is 16.7 Å². The molecule has 1 amide bonds. The third kappa shape index (κ3) is 2.42. The van der Waals surface area contributed by atoms with Crippen LogP contribution in [0.5, 0.6) is 0 Å². The summed E-state index contributed by atoms with van der Waals surface area (Å²) in [4.78, 5) is 13.3. The molecular weight excluding hydrogens is 268 g/mol. The van der Waals surface area contributed by atoms with Crippen LogP contribution in [0.25, 0.3) is 0 Å². The Morgan fingerprint density at radius 3 is 3.11 bits per heavy atom. The van der Waals surface area contributed by atoms with Gasteiger partial charge in [0, 0.05) is 17.5 Å². The number of thiophene rings is 1. The number of rotatable bonds is 2. The van der Waals surface area contributed by atoms with E-state index in [1.165, 1.54) is 10.4 Å². The lowest BCUT2D eigenvalue weighted by atomic mass is 10.1. The van der Waals surface area contributed by atoms with E-state index in [9.17, 15) is 4.79 Å². The van der Waals surface area contributed by atoms with E-state index in [0.29, 0.717) is 6.04 Å². The zero-order valence-electron chi connectivity index (χ0n) is 10.2. The fourth-order valence-corrected chi connectivity index (χ4v) is 4.20. The molecule has 2 N–H and O–H groups in total. The van der Waals surface area contributed by atoms with E-state index >= 15 is 0 Å². The zero-order chi connectivity index (χ0) is 12.5. The van der Waals surface area contributed by atoms with Gasteiger partial charge in [-0.25, -0.2) is 0 Å². The zero-order valence-corrected chi connectivity index (χ0v) is 11.7. The number of carbonyl (C=O) groups excluding carboxylic acids is 1. The van der Waals surface area contributed by atoms with Gasteiger partial charge in [0.05, 0.1) is 10.4 Å². The molecule has 0 radical (unpaired) electrons. The molecule has 3 nitrogen and oxygen atoms in total. The third-order valence-corrected chi connectivity index (χ3v) is 5.12. The summed E-state index contributed by atoms with van der Waals surface area (Å²) in [6.07, 6.45) is 5.31. The Bertz CT molecular complexity index is 460. The summed E-state index contributed by atoms with van der Waals surface area (Å²) in [6, 6.07) is 2.32. The van der Waals surface area contributed by atoms with Crippen LogP contribution in [0.1, 0.15) is 42.2 Å². The SMILES string of the molecule is O=C1NCCCCC1NC1CCc2sc(Cl)cc21. The van der Waals surface area contributed by atoms with Crippen LogP contribution in [-0.4, -0.2) is 18.5 Å². The Balaban J connectivity index is 1.71. The highest BCUT2D eigenvalue weighted by Gasteiger charge is 2.29. The number of hydrogen-bond donors (Lipinski definition) is 2. The van der Waals surface area contributed by atoms with Crippen LogP contribution >= 0.6 is 22.9 Å². The number of carbonyl (C=O) groups is 1. The summed E-state index contributed by atoms with van der Waals surface area (Å²) < 4.78 is 0.858. The first kappa shape index (κ1) is 12.5. The fourth-order valence-electron chi connectivity index (χ4n) is 2.84. The maximum absolute atomic E-state index is 11.9. The number of amides is 1. The Hall–Kier alpha value is -0.580. The van der Waals surface area contributed by atoms with Crippen molar-refractivity contribution in [3.8, 4) is 0 Å². The molecule has 98 valence electrons. The number of hydrogen-bond acceptors (Lipinski definition) is 3. The molecule has 1 fully saturated rings. The van der Waals surface area contributed by atoms with Crippen molar-refractivity contribution in [2.24, 2.45) is 0 Å². The van der Waals surface area contributed by atoms with Crippen molar-refractivity contribution in [3.05, 3.63) is 20.8 Å². The number of halogens is 1. The number of nitrogens with one attached hydrogen (secondary N) is 2. The molecule has 1 aliphatic heterocycles. The molecule has 1 aromatic rings. The van der Waals surface area contributed by atoms with Gasteiger partial charge in [-0.15, -0.1) is 11.3 Å². The minimum absolute atomic E-state index is 0.0397. The second-order valence-corrected chi connectivity index (χ2v) is 6.79. The molecule has 2 heterocycles. The first-order valence-electron chi connectivity index (χ1n) is 6.56. The van der Waals surface area contributed by atoms with Crippen LogP contribution < -0.4 is 10.6 Å². The smallest absolute Gasteiger partial charge is 0.237 e. The topological polar surface area (TPSA) is 41.1 Å². The largest absolute Gasteiger partial charge is 0.355 e. The summed E-state index contributed by atoms with van der Waals surface area (Å²) in [6.45, 7) is 0.817. The van der Waals surface area contributed by atoms with Gasteiger partial charge in [0.1, 0.15) is 0 Å². The van der Waals surface area contributed by atoms with Crippen LogP contribution in [0.3, 0.4) is 0 Å². The lowest BCUT2D eigenvalue weighted by Gasteiger charge is -2.20. The van der Waals surface area contributed by atoms with Crippen molar-refractivity contribution in [2.75, 3.05) is 6.54 Å². The summed E-state index contributed by atoms with van der Waals surface area (Å²) in [5.74, 6) is 0.155. The van der Waals surface area contributed by atoms with Gasteiger partial charge in [-0.3, -0.25) is 10.1 Å². The fraction of sp³-hybridized carbons (Fsp3) is 0.615. The van der Waals surface area contributed by atoms with Crippen molar-refractivity contribution in [3.63, 3.8) is 0 Å². The molecule has 0 aromatic carbocycles. The van der Waals surface area contributed by atoms with Crippen LogP contribution in [0.2, 0.25) is 4.34 Å². The summed E-state index contributed by atoms with van der Waals surface area (Å²) in [5.41, 5.74) is 1.31. The molecule has 5 heteroatoms. The number of aryl methyl sites for hydroxylation is 1. The van der Waals surface area contributed by atoms with Crippen LogP contribution in [0, 0.1) is 0 Å². The quantitative estimate of drug-likeness (QED) is 0.877. The van der Waals surface area contributed by atoms with Crippen molar-refractivity contribution >= 4 is 28.8 Å².